The van der Waals surface area contributed by atoms with Crippen molar-refractivity contribution in [2.75, 3.05) is 25.3 Å². The molecule has 0 atom stereocenters. The summed E-state index contributed by atoms with van der Waals surface area (Å²) in [7, 11) is 1.41. The molecule has 0 aliphatic heterocycles. The van der Waals surface area contributed by atoms with Crippen LogP contribution in [0.5, 0.6) is 11.5 Å². The molecule has 0 aromatic heterocycles. The summed E-state index contributed by atoms with van der Waals surface area (Å²) >= 11 is 1.47. The maximum absolute atomic E-state index is 12.6. The number of thioether (sulfide) groups is 1. The number of ether oxygens (including phenoxy) is 2. The number of benzene rings is 2. The molecule has 7 nitrogen and oxygen atoms in total. The van der Waals surface area contributed by atoms with Gasteiger partial charge in [0.05, 0.1) is 30.4 Å². The number of nitro groups is 1. The number of methoxy groups -OCH3 is 1. The lowest BCUT2D eigenvalue weighted by atomic mass is 10.1. The second kappa shape index (κ2) is 8.39. The van der Waals surface area contributed by atoms with Crippen molar-refractivity contribution in [2.24, 2.45) is 0 Å². The average Bonchev–Trinajstić information content (AvgIpc) is 2.61. The van der Waals surface area contributed by atoms with E-state index >= 15 is 0 Å². The third-order valence-electron chi connectivity index (χ3n) is 3.38. The summed E-state index contributed by atoms with van der Waals surface area (Å²) < 4.78 is 10.5. The normalized spacial score (nSPS) is 10.2. The zero-order chi connectivity index (χ0) is 18.4. The molecule has 2 aromatic rings. The van der Waals surface area contributed by atoms with Gasteiger partial charge in [0.1, 0.15) is 5.56 Å². The van der Waals surface area contributed by atoms with Crippen molar-refractivity contribution in [3.63, 3.8) is 0 Å². The van der Waals surface area contributed by atoms with E-state index in [0.717, 1.165) is 4.90 Å². The van der Waals surface area contributed by atoms with Gasteiger partial charge in [0.25, 0.3) is 11.6 Å². The van der Waals surface area contributed by atoms with Gasteiger partial charge in [0.2, 0.25) is 0 Å². The quantitative estimate of drug-likeness (QED) is 0.455. The predicted octanol–water partition coefficient (Wildman–Crippen LogP) is 3.98. The molecule has 0 unspecified atom stereocenters. The summed E-state index contributed by atoms with van der Waals surface area (Å²) in [5.41, 5.74) is 0.145. The van der Waals surface area contributed by atoms with E-state index in [1.54, 1.807) is 19.1 Å². The fourth-order valence-electron chi connectivity index (χ4n) is 2.25. The smallest absolute Gasteiger partial charge is 0.286 e. The number of para-hydroxylation sites is 1. The van der Waals surface area contributed by atoms with Crippen LogP contribution in [0.3, 0.4) is 0 Å². The molecule has 132 valence electrons. The fraction of sp³-hybridized carbons (Fsp3) is 0.235. The molecule has 0 heterocycles. The zero-order valence-electron chi connectivity index (χ0n) is 14.1. The minimum atomic E-state index is -0.614. The number of hydrogen-bond acceptors (Lipinski definition) is 6. The number of nitro benzene ring substituents is 1. The zero-order valence-corrected chi connectivity index (χ0v) is 14.9. The molecule has 1 N–H and O–H groups in total. The van der Waals surface area contributed by atoms with Crippen LogP contribution in [0, 0.1) is 10.1 Å². The minimum absolute atomic E-state index is 0.0961. The molecular formula is C17H18N2O5S. The summed E-state index contributed by atoms with van der Waals surface area (Å²) in [5, 5.41) is 14.1. The van der Waals surface area contributed by atoms with Gasteiger partial charge in [0.15, 0.2) is 11.5 Å². The Kier molecular flexibility index (Phi) is 6.24. The Bertz CT molecular complexity index is 795. The molecular weight excluding hydrogens is 344 g/mol. The average molecular weight is 362 g/mol. The van der Waals surface area contributed by atoms with Gasteiger partial charge in [-0.05, 0) is 25.3 Å². The third kappa shape index (κ3) is 4.21. The molecule has 0 aliphatic carbocycles. The molecule has 0 saturated carbocycles. The molecule has 2 rings (SSSR count). The molecule has 8 heteroatoms. The SMILES string of the molecule is CCOc1cc([N+](=O)[O-])c(C(=O)Nc2ccccc2SC)cc1OC. The van der Waals surface area contributed by atoms with Gasteiger partial charge in [-0.25, -0.2) is 0 Å². The lowest BCUT2D eigenvalue weighted by Crippen LogP contribution is -2.15. The van der Waals surface area contributed by atoms with Crippen molar-refractivity contribution in [1.29, 1.82) is 0 Å². The highest BCUT2D eigenvalue weighted by molar-refractivity contribution is 7.98. The van der Waals surface area contributed by atoms with Crippen molar-refractivity contribution in [1.82, 2.24) is 0 Å². The number of anilines is 1. The number of amides is 1. The predicted molar refractivity (Wildman–Crippen MR) is 97.0 cm³/mol. The summed E-state index contributed by atoms with van der Waals surface area (Å²) in [6.45, 7) is 2.07. The highest BCUT2D eigenvalue weighted by Gasteiger charge is 2.25. The van der Waals surface area contributed by atoms with Crippen molar-refractivity contribution >= 4 is 29.0 Å². The van der Waals surface area contributed by atoms with Crippen molar-refractivity contribution in [2.45, 2.75) is 11.8 Å². The fourth-order valence-corrected chi connectivity index (χ4v) is 2.80. The monoisotopic (exact) mass is 362 g/mol. The van der Waals surface area contributed by atoms with Crippen LogP contribution in [-0.2, 0) is 0 Å². The Morgan fingerprint density at radius 2 is 2.00 bits per heavy atom. The molecule has 0 radical (unpaired) electrons. The van der Waals surface area contributed by atoms with Crippen LogP contribution >= 0.6 is 11.8 Å². The topological polar surface area (TPSA) is 90.7 Å². The van der Waals surface area contributed by atoms with Crippen molar-refractivity contribution in [3.05, 3.63) is 52.1 Å². The van der Waals surface area contributed by atoms with Crippen molar-refractivity contribution in [3.8, 4) is 11.5 Å². The standard InChI is InChI=1S/C17H18N2O5S/c1-4-24-15-10-13(19(21)22)11(9-14(15)23-2)17(20)18-12-7-5-6-8-16(12)25-3/h5-10H,4H2,1-3H3,(H,18,20). The summed E-state index contributed by atoms with van der Waals surface area (Å²) in [6, 6.07) is 9.75. The van der Waals surface area contributed by atoms with Crippen LogP contribution in [-0.4, -0.2) is 30.8 Å². The first-order valence-corrected chi connectivity index (χ1v) is 8.67. The highest BCUT2D eigenvalue weighted by Crippen LogP contribution is 2.35. The Balaban J connectivity index is 2.45. The maximum Gasteiger partial charge on any atom is 0.286 e. The largest absolute Gasteiger partial charge is 0.493 e. The first-order chi connectivity index (χ1) is 12.0. The van der Waals surface area contributed by atoms with E-state index in [-0.39, 0.29) is 22.7 Å². The van der Waals surface area contributed by atoms with Gasteiger partial charge >= 0.3 is 0 Å². The van der Waals surface area contributed by atoms with Crippen LogP contribution in [0.1, 0.15) is 17.3 Å². The van der Waals surface area contributed by atoms with E-state index in [4.69, 9.17) is 9.47 Å². The van der Waals surface area contributed by atoms with E-state index in [0.29, 0.717) is 12.3 Å². The second-order valence-corrected chi connectivity index (χ2v) is 5.71. The van der Waals surface area contributed by atoms with Crippen LogP contribution in [0.4, 0.5) is 11.4 Å². The second-order valence-electron chi connectivity index (χ2n) is 4.86. The van der Waals surface area contributed by atoms with E-state index in [1.807, 2.05) is 18.4 Å². The van der Waals surface area contributed by atoms with Crippen LogP contribution < -0.4 is 14.8 Å². The van der Waals surface area contributed by atoms with Gasteiger partial charge < -0.3 is 14.8 Å². The number of hydrogen-bond donors (Lipinski definition) is 1. The Morgan fingerprint density at radius 3 is 2.60 bits per heavy atom. The summed E-state index contributed by atoms with van der Waals surface area (Å²) in [6.07, 6.45) is 1.88. The summed E-state index contributed by atoms with van der Waals surface area (Å²) in [4.78, 5) is 24.3. The van der Waals surface area contributed by atoms with Crippen LogP contribution in [0.15, 0.2) is 41.3 Å². The number of carbonyl (C=O) groups is 1. The summed E-state index contributed by atoms with van der Waals surface area (Å²) in [5.74, 6) is -0.108. The van der Waals surface area contributed by atoms with Crippen LogP contribution in [0.25, 0.3) is 0 Å². The van der Waals surface area contributed by atoms with Gasteiger partial charge in [-0.1, -0.05) is 12.1 Å². The number of nitrogens with one attached hydrogen (secondary N) is 1. The highest BCUT2D eigenvalue weighted by atomic mass is 32.2. The Morgan fingerprint density at radius 1 is 1.28 bits per heavy atom. The van der Waals surface area contributed by atoms with Gasteiger partial charge in [-0.3, -0.25) is 14.9 Å². The van der Waals surface area contributed by atoms with E-state index < -0.39 is 10.8 Å². The lowest BCUT2D eigenvalue weighted by Gasteiger charge is -2.13. The van der Waals surface area contributed by atoms with Gasteiger partial charge in [0, 0.05) is 11.0 Å². The number of carbonyl (C=O) groups excluding carboxylic acids is 1. The van der Waals surface area contributed by atoms with E-state index in [1.165, 1.54) is 31.0 Å². The lowest BCUT2D eigenvalue weighted by molar-refractivity contribution is -0.385. The molecule has 2 aromatic carbocycles. The molecule has 0 spiro atoms. The van der Waals surface area contributed by atoms with E-state index in [2.05, 4.69) is 5.32 Å². The Labute approximate surface area is 149 Å². The third-order valence-corrected chi connectivity index (χ3v) is 4.17. The molecule has 25 heavy (non-hydrogen) atoms. The van der Waals surface area contributed by atoms with Crippen molar-refractivity contribution < 1.29 is 19.2 Å². The first kappa shape index (κ1) is 18.6. The first-order valence-electron chi connectivity index (χ1n) is 7.45. The minimum Gasteiger partial charge on any atom is -0.493 e. The molecule has 0 bridgehead atoms. The molecule has 1 amide bonds. The Hall–Kier alpha value is -2.74. The maximum atomic E-state index is 12.6. The number of nitrogens with zero attached hydrogens (tertiary/aromatic N) is 1. The molecule has 0 fully saturated rings. The number of rotatable bonds is 7. The van der Waals surface area contributed by atoms with Crippen LogP contribution in [0.2, 0.25) is 0 Å². The molecule has 0 saturated heterocycles. The van der Waals surface area contributed by atoms with E-state index in [9.17, 15) is 14.9 Å². The van der Waals surface area contributed by atoms with Gasteiger partial charge in [-0.2, -0.15) is 0 Å². The molecule has 0 aliphatic rings. The van der Waals surface area contributed by atoms with Gasteiger partial charge in [-0.15, -0.1) is 11.8 Å².